The minimum Gasteiger partial charge on any atom is -0.478 e. The van der Waals surface area contributed by atoms with Crippen molar-refractivity contribution in [2.75, 3.05) is 11.4 Å². The zero-order chi connectivity index (χ0) is 20.1. The first-order valence-corrected chi connectivity index (χ1v) is 9.90. The van der Waals surface area contributed by atoms with Crippen molar-refractivity contribution in [3.8, 4) is 5.75 Å². The monoisotopic (exact) mass is 380 g/mol. The van der Waals surface area contributed by atoms with E-state index in [2.05, 4.69) is 17.4 Å². The minimum absolute atomic E-state index is 0.00479. The van der Waals surface area contributed by atoms with Gasteiger partial charge in [0.2, 0.25) is 5.91 Å². The van der Waals surface area contributed by atoms with E-state index in [-0.39, 0.29) is 24.4 Å². The quantitative estimate of drug-likeness (QED) is 0.798. The van der Waals surface area contributed by atoms with Gasteiger partial charge in [-0.25, -0.2) is 0 Å². The van der Waals surface area contributed by atoms with Crippen LogP contribution in [0.4, 0.5) is 5.69 Å². The summed E-state index contributed by atoms with van der Waals surface area (Å²) in [6, 6.07) is 16.0. The van der Waals surface area contributed by atoms with Crippen LogP contribution in [0.25, 0.3) is 0 Å². The van der Waals surface area contributed by atoms with Crippen molar-refractivity contribution >= 4 is 17.5 Å². The van der Waals surface area contributed by atoms with Crippen LogP contribution in [0.5, 0.6) is 5.75 Å². The second-order valence-corrected chi connectivity index (χ2v) is 7.40. The highest BCUT2D eigenvalue weighted by Crippen LogP contribution is 2.35. The first kappa shape index (κ1) is 19.9. The maximum Gasteiger partial charge on any atom is 0.268 e. The maximum atomic E-state index is 12.8. The minimum atomic E-state index is -0.543. The van der Waals surface area contributed by atoms with Gasteiger partial charge in [-0.1, -0.05) is 43.3 Å². The molecule has 28 heavy (non-hydrogen) atoms. The molecule has 1 N–H and O–H groups in total. The molecule has 0 radical (unpaired) electrons. The molecule has 0 bridgehead atoms. The smallest absolute Gasteiger partial charge is 0.268 e. The van der Waals surface area contributed by atoms with Crippen molar-refractivity contribution < 1.29 is 14.3 Å². The number of fused-ring (bicyclic) bond motifs is 1. The molecule has 3 rings (SSSR count). The normalized spacial score (nSPS) is 16.9. The highest BCUT2D eigenvalue weighted by Gasteiger charge is 2.34. The molecule has 1 aliphatic heterocycles. The number of nitrogens with one attached hydrogen (secondary N) is 1. The SMILES string of the molecule is CC[C@H]1Oc2ccc(C)cc2N(CC(=O)N[C@H](C)CCc2ccccc2)C1=O. The van der Waals surface area contributed by atoms with E-state index in [1.807, 2.05) is 57.2 Å². The van der Waals surface area contributed by atoms with Gasteiger partial charge in [-0.15, -0.1) is 0 Å². The van der Waals surface area contributed by atoms with Crippen LogP contribution in [-0.4, -0.2) is 30.5 Å². The van der Waals surface area contributed by atoms with Crippen LogP contribution in [0.3, 0.4) is 0 Å². The van der Waals surface area contributed by atoms with Gasteiger partial charge < -0.3 is 10.1 Å². The van der Waals surface area contributed by atoms with E-state index in [1.54, 1.807) is 4.90 Å². The second-order valence-electron chi connectivity index (χ2n) is 7.40. The van der Waals surface area contributed by atoms with Gasteiger partial charge in [-0.05, 0) is 56.4 Å². The Bertz CT molecular complexity index is 835. The lowest BCUT2D eigenvalue weighted by atomic mass is 10.1. The molecule has 1 aliphatic rings. The summed E-state index contributed by atoms with van der Waals surface area (Å²) in [6.45, 7) is 5.87. The van der Waals surface area contributed by atoms with Gasteiger partial charge >= 0.3 is 0 Å². The molecule has 2 atom stereocenters. The Hall–Kier alpha value is -2.82. The highest BCUT2D eigenvalue weighted by molar-refractivity contribution is 6.03. The lowest BCUT2D eigenvalue weighted by Crippen LogP contribution is -2.50. The number of carbonyl (C=O) groups excluding carboxylic acids is 2. The van der Waals surface area contributed by atoms with Gasteiger partial charge in [0.25, 0.3) is 5.91 Å². The summed E-state index contributed by atoms with van der Waals surface area (Å²) >= 11 is 0. The van der Waals surface area contributed by atoms with E-state index in [0.29, 0.717) is 17.9 Å². The first-order valence-electron chi connectivity index (χ1n) is 9.90. The summed E-state index contributed by atoms with van der Waals surface area (Å²) in [5, 5.41) is 3.02. The Labute approximate surface area is 166 Å². The van der Waals surface area contributed by atoms with Gasteiger partial charge in [-0.2, -0.15) is 0 Å². The summed E-state index contributed by atoms with van der Waals surface area (Å²) < 4.78 is 5.81. The van der Waals surface area contributed by atoms with E-state index in [9.17, 15) is 9.59 Å². The molecule has 0 saturated heterocycles. The zero-order valence-corrected chi connectivity index (χ0v) is 16.8. The largest absolute Gasteiger partial charge is 0.478 e. The van der Waals surface area contributed by atoms with Crippen molar-refractivity contribution in [3.05, 3.63) is 59.7 Å². The Kier molecular flexibility index (Phi) is 6.34. The number of ether oxygens (including phenoxy) is 1. The van der Waals surface area contributed by atoms with Crippen molar-refractivity contribution in [2.45, 2.75) is 52.2 Å². The Morgan fingerprint density at radius 1 is 1.21 bits per heavy atom. The predicted molar refractivity (Wildman–Crippen MR) is 111 cm³/mol. The molecule has 0 aromatic heterocycles. The first-order chi connectivity index (χ1) is 13.5. The van der Waals surface area contributed by atoms with E-state index in [1.165, 1.54) is 5.56 Å². The molecule has 5 heteroatoms. The molecule has 2 aromatic carbocycles. The molecule has 0 unspecified atom stereocenters. The number of nitrogens with zero attached hydrogens (tertiary/aromatic N) is 1. The van der Waals surface area contributed by atoms with E-state index >= 15 is 0 Å². The van der Waals surface area contributed by atoms with Crippen LogP contribution in [-0.2, 0) is 16.0 Å². The van der Waals surface area contributed by atoms with Crippen molar-refractivity contribution in [3.63, 3.8) is 0 Å². The molecular formula is C23H28N2O3. The molecule has 148 valence electrons. The lowest BCUT2D eigenvalue weighted by molar-refractivity contribution is -0.129. The average molecular weight is 380 g/mol. The van der Waals surface area contributed by atoms with Crippen LogP contribution in [0, 0.1) is 6.92 Å². The number of anilines is 1. The van der Waals surface area contributed by atoms with Crippen LogP contribution in [0.15, 0.2) is 48.5 Å². The van der Waals surface area contributed by atoms with Gasteiger partial charge in [-0.3, -0.25) is 14.5 Å². The van der Waals surface area contributed by atoms with Gasteiger partial charge in [0.1, 0.15) is 12.3 Å². The predicted octanol–water partition coefficient (Wildman–Crippen LogP) is 3.64. The second kappa shape index (κ2) is 8.91. The molecule has 2 amide bonds. The number of hydrogen-bond donors (Lipinski definition) is 1. The summed E-state index contributed by atoms with van der Waals surface area (Å²) in [5.41, 5.74) is 2.94. The average Bonchev–Trinajstić information content (AvgIpc) is 2.69. The molecule has 0 aliphatic carbocycles. The third kappa shape index (κ3) is 4.71. The van der Waals surface area contributed by atoms with Crippen LogP contribution in [0.2, 0.25) is 0 Å². The number of aryl methyl sites for hydroxylation is 2. The lowest BCUT2D eigenvalue weighted by Gasteiger charge is -2.34. The van der Waals surface area contributed by atoms with Gasteiger partial charge in [0.15, 0.2) is 6.10 Å². The standard InChI is InChI=1S/C23H28N2O3/c1-4-20-23(27)25(19-14-16(2)10-13-21(19)28-20)15-22(26)24-17(3)11-12-18-8-6-5-7-9-18/h5-10,13-14,17,20H,4,11-12,15H2,1-3H3,(H,24,26)/t17-,20-/m1/s1. The van der Waals surface area contributed by atoms with E-state index in [4.69, 9.17) is 4.74 Å². The molecule has 2 aromatic rings. The third-order valence-electron chi connectivity index (χ3n) is 5.00. The third-order valence-corrected chi connectivity index (χ3v) is 5.00. The Balaban J connectivity index is 1.63. The zero-order valence-electron chi connectivity index (χ0n) is 16.8. The van der Waals surface area contributed by atoms with Gasteiger partial charge in [0, 0.05) is 6.04 Å². The van der Waals surface area contributed by atoms with Crippen LogP contribution < -0.4 is 15.0 Å². The number of hydrogen-bond acceptors (Lipinski definition) is 3. The fraction of sp³-hybridized carbons (Fsp3) is 0.391. The molecule has 1 heterocycles. The summed E-state index contributed by atoms with van der Waals surface area (Å²) in [6.07, 6.45) is 1.77. The molecule has 0 spiro atoms. The fourth-order valence-electron chi connectivity index (χ4n) is 3.42. The topological polar surface area (TPSA) is 58.6 Å². The van der Waals surface area contributed by atoms with Crippen molar-refractivity contribution in [1.82, 2.24) is 5.32 Å². The van der Waals surface area contributed by atoms with Crippen LogP contribution in [0.1, 0.15) is 37.8 Å². The van der Waals surface area contributed by atoms with Crippen molar-refractivity contribution in [2.24, 2.45) is 0 Å². The van der Waals surface area contributed by atoms with Crippen LogP contribution >= 0.6 is 0 Å². The highest BCUT2D eigenvalue weighted by atomic mass is 16.5. The maximum absolute atomic E-state index is 12.8. The Morgan fingerprint density at radius 2 is 1.96 bits per heavy atom. The number of benzene rings is 2. The molecule has 5 nitrogen and oxygen atoms in total. The fourth-order valence-corrected chi connectivity index (χ4v) is 3.42. The van der Waals surface area contributed by atoms with Crippen molar-refractivity contribution in [1.29, 1.82) is 0 Å². The summed E-state index contributed by atoms with van der Waals surface area (Å²) in [7, 11) is 0. The van der Waals surface area contributed by atoms with Gasteiger partial charge in [0.05, 0.1) is 5.69 Å². The summed E-state index contributed by atoms with van der Waals surface area (Å²) in [5.74, 6) is 0.341. The van der Waals surface area contributed by atoms with E-state index < -0.39 is 6.10 Å². The number of rotatable bonds is 7. The molecule has 0 saturated carbocycles. The number of carbonyl (C=O) groups is 2. The molecular weight excluding hydrogens is 352 g/mol. The Morgan fingerprint density at radius 3 is 2.68 bits per heavy atom. The summed E-state index contributed by atoms with van der Waals surface area (Å²) in [4.78, 5) is 27.0. The van der Waals surface area contributed by atoms with E-state index in [0.717, 1.165) is 18.4 Å². The molecule has 0 fully saturated rings. The number of amides is 2.